The summed E-state index contributed by atoms with van der Waals surface area (Å²) in [6.07, 6.45) is 6.01. The van der Waals surface area contributed by atoms with Gasteiger partial charge in [-0.1, -0.05) is 11.6 Å². The van der Waals surface area contributed by atoms with Gasteiger partial charge in [0.25, 0.3) is 5.56 Å². The van der Waals surface area contributed by atoms with Gasteiger partial charge < -0.3 is 4.90 Å². The van der Waals surface area contributed by atoms with Gasteiger partial charge in [0.05, 0.1) is 22.8 Å². The second-order valence-corrected chi connectivity index (χ2v) is 9.04. The lowest BCUT2D eigenvalue weighted by Crippen LogP contribution is -2.35. The van der Waals surface area contributed by atoms with Gasteiger partial charge in [-0.2, -0.15) is 5.10 Å². The molecule has 170 valence electrons. The number of nitrogens with zero attached hydrogens (tertiary/aromatic N) is 6. The zero-order chi connectivity index (χ0) is 23.3. The van der Waals surface area contributed by atoms with E-state index in [1.165, 1.54) is 16.2 Å². The van der Waals surface area contributed by atoms with Crippen LogP contribution >= 0.6 is 11.6 Å². The quantitative estimate of drug-likeness (QED) is 0.452. The molecular weight excluding hydrogens is 443 g/mol. The smallest absolute Gasteiger partial charge is 0.263 e. The Labute approximate surface area is 195 Å². The highest BCUT2D eigenvalue weighted by molar-refractivity contribution is 6.30. The van der Waals surface area contributed by atoms with E-state index in [1.807, 2.05) is 30.2 Å². The molecular formula is C24H24ClFN6O. The van der Waals surface area contributed by atoms with Crippen LogP contribution in [0.15, 0.2) is 41.5 Å². The van der Waals surface area contributed by atoms with Gasteiger partial charge in [0.1, 0.15) is 17.5 Å². The lowest BCUT2D eigenvalue weighted by molar-refractivity contribution is 0.507. The largest absolute Gasteiger partial charge is 0.356 e. The zero-order valence-corrected chi connectivity index (χ0v) is 19.5. The van der Waals surface area contributed by atoms with Gasteiger partial charge in [0.2, 0.25) is 0 Å². The van der Waals surface area contributed by atoms with Crippen LogP contribution in [0.2, 0.25) is 5.02 Å². The van der Waals surface area contributed by atoms with E-state index in [1.54, 1.807) is 26.1 Å². The predicted molar refractivity (Wildman–Crippen MR) is 127 cm³/mol. The average Bonchev–Trinajstić information content (AvgIpc) is 3.23. The molecule has 0 radical (unpaired) electrons. The van der Waals surface area contributed by atoms with Crippen molar-refractivity contribution in [3.05, 3.63) is 69.2 Å². The number of aryl methyl sites for hydroxylation is 2. The van der Waals surface area contributed by atoms with Crippen molar-refractivity contribution >= 4 is 28.3 Å². The number of anilines is 1. The molecule has 0 saturated carbocycles. The van der Waals surface area contributed by atoms with Crippen molar-refractivity contribution < 1.29 is 4.39 Å². The van der Waals surface area contributed by atoms with Crippen molar-refractivity contribution in [1.82, 2.24) is 24.3 Å². The second kappa shape index (κ2) is 8.26. The van der Waals surface area contributed by atoms with Crippen molar-refractivity contribution in [3.8, 4) is 11.3 Å². The minimum atomic E-state index is -0.525. The number of halogens is 2. The van der Waals surface area contributed by atoms with E-state index in [9.17, 15) is 9.18 Å². The molecule has 4 aromatic rings. The molecule has 1 aliphatic rings. The number of piperidine rings is 1. The third-order valence-corrected chi connectivity index (χ3v) is 6.63. The fourth-order valence-corrected chi connectivity index (χ4v) is 4.69. The Morgan fingerprint density at radius 3 is 2.73 bits per heavy atom. The van der Waals surface area contributed by atoms with Crippen molar-refractivity contribution in [2.24, 2.45) is 14.1 Å². The molecule has 33 heavy (non-hydrogen) atoms. The summed E-state index contributed by atoms with van der Waals surface area (Å²) < 4.78 is 18.2. The molecule has 1 aromatic carbocycles. The molecule has 5 rings (SSSR count). The molecule has 1 unspecified atom stereocenters. The van der Waals surface area contributed by atoms with Gasteiger partial charge in [-0.25, -0.2) is 14.4 Å². The summed E-state index contributed by atoms with van der Waals surface area (Å²) in [6.45, 7) is 3.36. The Morgan fingerprint density at radius 1 is 1.18 bits per heavy atom. The maximum Gasteiger partial charge on any atom is 0.263 e. The summed E-state index contributed by atoms with van der Waals surface area (Å²) >= 11 is 5.98. The molecule has 7 nitrogen and oxygen atoms in total. The van der Waals surface area contributed by atoms with Gasteiger partial charge in [-0.3, -0.25) is 14.0 Å². The van der Waals surface area contributed by atoms with Gasteiger partial charge >= 0.3 is 0 Å². The minimum Gasteiger partial charge on any atom is -0.356 e. The zero-order valence-electron chi connectivity index (χ0n) is 18.7. The third kappa shape index (κ3) is 3.88. The highest BCUT2D eigenvalue weighted by Gasteiger charge is 2.26. The van der Waals surface area contributed by atoms with Crippen LogP contribution in [0.25, 0.3) is 22.2 Å². The summed E-state index contributed by atoms with van der Waals surface area (Å²) in [5.41, 5.74) is 1.96. The molecule has 0 bridgehead atoms. The van der Waals surface area contributed by atoms with E-state index in [2.05, 4.69) is 15.0 Å². The van der Waals surface area contributed by atoms with Crippen LogP contribution in [0.5, 0.6) is 0 Å². The molecule has 1 fully saturated rings. The summed E-state index contributed by atoms with van der Waals surface area (Å²) in [5, 5.41) is 4.90. The van der Waals surface area contributed by atoms with E-state index in [-0.39, 0.29) is 21.8 Å². The van der Waals surface area contributed by atoms with Crippen LogP contribution in [-0.2, 0) is 14.1 Å². The lowest BCUT2D eigenvalue weighted by atomic mass is 9.93. The Morgan fingerprint density at radius 2 is 2.00 bits per heavy atom. The van der Waals surface area contributed by atoms with Crippen molar-refractivity contribution in [2.45, 2.75) is 25.7 Å². The molecule has 1 atom stereocenters. The first kappa shape index (κ1) is 21.6. The van der Waals surface area contributed by atoms with E-state index >= 15 is 0 Å². The maximum atomic E-state index is 15.0. The van der Waals surface area contributed by atoms with Crippen LogP contribution in [0, 0.1) is 12.7 Å². The van der Waals surface area contributed by atoms with Gasteiger partial charge in [0, 0.05) is 56.0 Å². The van der Waals surface area contributed by atoms with Gasteiger partial charge in [-0.05, 0) is 43.5 Å². The molecule has 0 aliphatic carbocycles. The SMILES string of the molecule is Cc1nc2cc(N3CCCC(c4cnn(C)c4)C3)nc(-c3ccc(Cl)cc3F)c2c(=O)n1C. The van der Waals surface area contributed by atoms with Crippen LogP contribution in [0.3, 0.4) is 0 Å². The van der Waals surface area contributed by atoms with Crippen LogP contribution < -0.4 is 10.5 Å². The van der Waals surface area contributed by atoms with Gasteiger partial charge in [-0.15, -0.1) is 0 Å². The second-order valence-electron chi connectivity index (χ2n) is 8.60. The van der Waals surface area contributed by atoms with E-state index < -0.39 is 5.82 Å². The summed E-state index contributed by atoms with van der Waals surface area (Å²) in [7, 11) is 3.57. The molecule has 3 aromatic heterocycles. The molecule has 4 heterocycles. The van der Waals surface area contributed by atoms with E-state index in [0.29, 0.717) is 28.5 Å². The van der Waals surface area contributed by atoms with Gasteiger partial charge in [0.15, 0.2) is 0 Å². The highest BCUT2D eigenvalue weighted by atomic mass is 35.5. The number of hydrogen-bond donors (Lipinski definition) is 0. The monoisotopic (exact) mass is 466 g/mol. The number of benzene rings is 1. The number of pyridine rings is 1. The molecule has 9 heteroatoms. The van der Waals surface area contributed by atoms with Crippen LogP contribution in [0.1, 0.15) is 30.1 Å². The molecule has 0 spiro atoms. The standard InChI is InChI=1S/C24H24ClFN6O/c1-14-28-20-10-21(32-8-4-5-15(13-32)16-11-27-30(2)12-16)29-23(22(20)24(33)31(14)3)18-7-6-17(25)9-19(18)26/h6-7,9-12,15H,4-5,8,13H2,1-3H3. The van der Waals surface area contributed by atoms with Crippen LogP contribution in [0.4, 0.5) is 10.2 Å². The van der Waals surface area contributed by atoms with Crippen molar-refractivity contribution in [2.75, 3.05) is 18.0 Å². The molecule has 0 N–H and O–H groups in total. The number of hydrogen-bond acceptors (Lipinski definition) is 5. The van der Waals surface area contributed by atoms with Crippen molar-refractivity contribution in [1.29, 1.82) is 0 Å². The first-order valence-electron chi connectivity index (χ1n) is 10.9. The fourth-order valence-electron chi connectivity index (χ4n) is 4.53. The number of aromatic nitrogens is 5. The van der Waals surface area contributed by atoms with E-state index in [0.717, 1.165) is 25.9 Å². The van der Waals surface area contributed by atoms with Crippen LogP contribution in [-0.4, -0.2) is 37.4 Å². The fraction of sp³-hybridized carbons (Fsp3) is 0.333. The van der Waals surface area contributed by atoms with E-state index in [4.69, 9.17) is 16.6 Å². The normalized spacial score (nSPS) is 16.5. The Kier molecular flexibility index (Phi) is 5.40. The first-order valence-corrected chi connectivity index (χ1v) is 11.3. The summed E-state index contributed by atoms with van der Waals surface area (Å²) in [6, 6.07) is 6.25. The number of rotatable bonds is 3. The number of fused-ring (bicyclic) bond motifs is 1. The molecule has 1 aliphatic heterocycles. The van der Waals surface area contributed by atoms with Crippen molar-refractivity contribution in [3.63, 3.8) is 0 Å². The predicted octanol–water partition coefficient (Wildman–Crippen LogP) is 4.21. The summed E-state index contributed by atoms with van der Waals surface area (Å²) in [5.74, 6) is 1.06. The first-order chi connectivity index (χ1) is 15.8. The average molecular weight is 467 g/mol. The maximum absolute atomic E-state index is 15.0. The lowest BCUT2D eigenvalue weighted by Gasteiger charge is -2.33. The Balaban J connectivity index is 1.67. The molecule has 0 amide bonds. The highest BCUT2D eigenvalue weighted by Crippen LogP contribution is 2.34. The summed E-state index contributed by atoms with van der Waals surface area (Å²) in [4.78, 5) is 24.8. The minimum absolute atomic E-state index is 0.231. The Bertz CT molecular complexity index is 1430. The molecule has 1 saturated heterocycles. The topological polar surface area (TPSA) is 68.8 Å². The Hall–Kier alpha value is -3.26. The third-order valence-electron chi connectivity index (χ3n) is 6.40.